The molecule has 2 nitrogen and oxygen atoms in total. The number of nitriles is 1. The van der Waals surface area contributed by atoms with Gasteiger partial charge in [0.1, 0.15) is 6.07 Å². The third kappa shape index (κ3) is 2.73. The molecule has 1 N–H and O–H groups in total. The van der Waals surface area contributed by atoms with E-state index >= 15 is 0 Å². The summed E-state index contributed by atoms with van der Waals surface area (Å²) in [7, 11) is 0. The van der Waals surface area contributed by atoms with Gasteiger partial charge in [-0.05, 0) is 29.8 Å². The molecule has 0 fully saturated rings. The van der Waals surface area contributed by atoms with E-state index in [1.165, 1.54) is 12.1 Å². The zero-order valence-electron chi connectivity index (χ0n) is 10.4. The number of anilines is 1. The number of nitrogens with zero attached hydrogens (tertiary/aromatic N) is 1. The van der Waals surface area contributed by atoms with E-state index < -0.39 is 12.0 Å². The average molecular weight is 293 g/mol. The highest BCUT2D eigenvalue weighted by Gasteiger charge is 2.42. The van der Waals surface area contributed by atoms with Gasteiger partial charge in [0.15, 0.2) is 0 Å². The van der Waals surface area contributed by atoms with Crippen molar-refractivity contribution in [2.45, 2.75) is 12.0 Å². The van der Waals surface area contributed by atoms with E-state index in [1.807, 2.05) is 0 Å². The normalized spacial score (nSPS) is 13.6. The lowest BCUT2D eigenvalue weighted by Gasteiger charge is -2.28. The molecule has 0 saturated carbocycles. The minimum absolute atomic E-state index is 0.215. The second-order valence-electron chi connectivity index (χ2n) is 4.22. The molecule has 0 aliphatic rings. The first-order chi connectivity index (χ1) is 9.58. The van der Waals surface area contributed by atoms with Crippen LogP contribution in [0.2, 0.25) is 5.02 Å². The van der Waals surface area contributed by atoms with Crippen LogP contribution < -0.4 is 5.32 Å². The summed E-state index contributed by atoms with van der Waals surface area (Å²) in [5.74, 6) is 0. The highest BCUT2D eigenvalue weighted by Crippen LogP contribution is 2.32. The number of benzene rings is 2. The molecule has 0 saturated heterocycles. The van der Waals surface area contributed by atoms with E-state index in [2.05, 4.69) is 5.32 Å². The maximum atomic E-state index is 13.5. The van der Waals surface area contributed by atoms with E-state index in [0.29, 0.717) is 10.7 Å². The van der Waals surface area contributed by atoms with Crippen LogP contribution in [0.4, 0.5) is 14.5 Å². The van der Waals surface area contributed by atoms with Crippen LogP contribution in [0, 0.1) is 11.3 Å². The quantitative estimate of drug-likeness (QED) is 0.904. The Morgan fingerprint density at radius 1 is 1.05 bits per heavy atom. The van der Waals surface area contributed by atoms with Crippen LogP contribution in [-0.4, -0.2) is 6.43 Å². The molecule has 20 heavy (non-hydrogen) atoms. The van der Waals surface area contributed by atoms with Crippen molar-refractivity contribution in [1.29, 1.82) is 5.26 Å². The van der Waals surface area contributed by atoms with Crippen molar-refractivity contribution in [1.82, 2.24) is 0 Å². The van der Waals surface area contributed by atoms with E-state index in [9.17, 15) is 14.0 Å². The summed E-state index contributed by atoms with van der Waals surface area (Å²) >= 11 is 5.76. The third-order valence-electron chi connectivity index (χ3n) is 2.92. The summed E-state index contributed by atoms with van der Waals surface area (Å²) in [6, 6.07) is 15.9. The first-order valence-electron chi connectivity index (χ1n) is 5.87. The van der Waals surface area contributed by atoms with Crippen LogP contribution in [0.15, 0.2) is 54.6 Å². The third-order valence-corrected chi connectivity index (χ3v) is 3.17. The molecule has 2 aromatic rings. The Labute approximate surface area is 120 Å². The van der Waals surface area contributed by atoms with E-state index in [1.54, 1.807) is 48.5 Å². The van der Waals surface area contributed by atoms with Gasteiger partial charge in [-0.3, -0.25) is 0 Å². The molecule has 0 spiro atoms. The number of hydrogen-bond acceptors (Lipinski definition) is 2. The Balaban J connectivity index is 2.43. The molecule has 1 unspecified atom stereocenters. The van der Waals surface area contributed by atoms with E-state index in [-0.39, 0.29) is 5.56 Å². The van der Waals surface area contributed by atoms with Gasteiger partial charge in [0.2, 0.25) is 5.54 Å². The predicted molar refractivity (Wildman–Crippen MR) is 74.8 cm³/mol. The van der Waals surface area contributed by atoms with Crippen molar-refractivity contribution < 1.29 is 8.78 Å². The summed E-state index contributed by atoms with van der Waals surface area (Å²) in [6.45, 7) is 0. The number of halogens is 3. The second kappa shape index (κ2) is 5.89. The molecular formula is C15H11ClF2N2. The lowest BCUT2D eigenvalue weighted by atomic mass is 9.91. The van der Waals surface area contributed by atoms with Crippen molar-refractivity contribution >= 4 is 17.3 Å². The second-order valence-corrected chi connectivity index (χ2v) is 4.65. The number of alkyl halides is 2. The Bertz CT molecular complexity index is 608. The summed E-state index contributed by atoms with van der Waals surface area (Å²) in [5, 5.41) is 12.4. The molecule has 102 valence electrons. The molecule has 0 heterocycles. The van der Waals surface area contributed by atoms with Gasteiger partial charge < -0.3 is 5.32 Å². The molecule has 2 rings (SSSR count). The van der Waals surface area contributed by atoms with Crippen molar-refractivity contribution in [3.05, 3.63) is 65.2 Å². The van der Waals surface area contributed by atoms with E-state index in [0.717, 1.165) is 0 Å². The maximum absolute atomic E-state index is 13.5. The molecular weight excluding hydrogens is 282 g/mol. The Kier molecular flexibility index (Phi) is 4.21. The fraction of sp³-hybridized carbons (Fsp3) is 0.133. The fourth-order valence-electron chi connectivity index (χ4n) is 1.86. The smallest absolute Gasteiger partial charge is 0.278 e. The minimum atomic E-state index is -2.88. The fourth-order valence-corrected chi connectivity index (χ4v) is 1.98. The van der Waals surface area contributed by atoms with Crippen molar-refractivity contribution in [2.24, 2.45) is 0 Å². The zero-order chi connectivity index (χ0) is 14.6. The SMILES string of the molecule is N#CC(Nc1ccc(Cl)cc1)(c1ccccc1)C(F)F. The van der Waals surface area contributed by atoms with Crippen LogP contribution in [-0.2, 0) is 5.54 Å². The molecule has 0 aliphatic carbocycles. The lowest BCUT2D eigenvalue weighted by Crippen LogP contribution is -2.41. The maximum Gasteiger partial charge on any atom is 0.278 e. The monoisotopic (exact) mass is 292 g/mol. The van der Waals surface area contributed by atoms with Gasteiger partial charge in [0, 0.05) is 10.7 Å². The minimum Gasteiger partial charge on any atom is -0.359 e. The van der Waals surface area contributed by atoms with Crippen molar-refractivity contribution in [2.75, 3.05) is 5.32 Å². The van der Waals surface area contributed by atoms with E-state index in [4.69, 9.17) is 11.6 Å². The summed E-state index contributed by atoms with van der Waals surface area (Å²) in [5.41, 5.74) is -1.47. The molecule has 0 aliphatic heterocycles. The van der Waals surface area contributed by atoms with Crippen molar-refractivity contribution in [3.8, 4) is 6.07 Å². The van der Waals surface area contributed by atoms with Crippen LogP contribution in [0.25, 0.3) is 0 Å². The largest absolute Gasteiger partial charge is 0.359 e. The van der Waals surface area contributed by atoms with Gasteiger partial charge in [0.25, 0.3) is 6.43 Å². The highest BCUT2D eigenvalue weighted by molar-refractivity contribution is 6.30. The molecule has 0 aromatic heterocycles. The summed E-state index contributed by atoms with van der Waals surface area (Å²) < 4.78 is 27.0. The molecule has 0 radical (unpaired) electrons. The Hall–Kier alpha value is -2.12. The van der Waals surface area contributed by atoms with Gasteiger partial charge in [-0.25, -0.2) is 8.78 Å². The first-order valence-corrected chi connectivity index (χ1v) is 6.25. The number of hydrogen-bond donors (Lipinski definition) is 1. The van der Waals surface area contributed by atoms with Crippen molar-refractivity contribution in [3.63, 3.8) is 0 Å². The lowest BCUT2D eigenvalue weighted by molar-refractivity contribution is 0.0928. The van der Waals surface area contributed by atoms with Crippen LogP contribution >= 0.6 is 11.6 Å². The number of nitrogens with one attached hydrogen (secondary N) is 1. The van der Waals surface area contributed by atoms with Gasteiger partial charge >= 0.3 is 0 Å². The molecule has 0 amide bonds. The molecule has 0 bridgehead atoms. The highest BCUT2D eigenvalue weighted by atomic mass is 35.5. The summed E-state index contributed by atoms with van der Waals surface area (Å²) in [6.07, 6.45) is -2.88. The average Bonchev–Trinajstić information content (AvgIpc) is 2.47. The summed E-state index contributed by atoms with van der Waals surface area (Å²) in [4.78, 5) is 0. The van der Waals surface area contributed by atoms with Gasteiger partial charge in [-0.2, -0.15) is 5.26 Å². The molecule has 1 atom stereocenters. The topological polar surface area (TPSA) is 35.8 Å². The number of rotatable bonds is 4. The zero-order valence-corrected chi connectivity index (χ0v) is 11.1. The van der Waals surface area contributed by atoms with Crippen LogP contribution in [0.5, 0.6) is 0 Å². The van der Waals surface area contributed by atoms with Gasteiger partial charge in [-0.1, -0.05) is 41.9 Å². The van der Waals surface area contributed by atoms with Crippen LogP contribution in [0.1, 0.15) is 5.56 Å². The standard InChI is InChI=1S/C15H11ClF2N2/c16-12-6-8-13(9-7-12)20-15(10-19,14(17)18)11-4-2-1-3-5-11/h1-9,14,20H. The predicted octanol–water partition coefficient (Wildman–Crippen LogP) is 4.44. The van der Waals surface area contributed by atoms with Gasteiger partial charge in [0.05, 0.1) is 0 Å². The van der Waals surface area contributed by atoms with Gasteiger partial charge in [-0.15, -0.1) is 0 Å². The molecule has 2 aromatic carbocycles. The Morgan fingerprint density at radius 2 is 1.65 bits per heavy atom. The van der Waals surface area contributed by atoms with Crippen LogP contribution in [0.3, 0.4) is 0 Å². The molecule has 5 heteroatoms. The first kappa shape index (κ1) is 14.3. The Morgan fingerprint density at radius 3 is 2.15 bits per heavy atom.